The summed E-state index contributed by atoms with van der Waals surface area (Å²) in [4.78, 5) is 8.61. The van der Waals surface area contributed by atoms with Gasteiger partial charge in [-0.1, -0.05) is 30.1 Å². The minimum Gasteiger partial charge on any atom is -0.493 e. The van der Waals surface area contributed by atoms with Crippen molar-refractivity contribution in [3.63, 3.8) is 0 Å². The molecule has 0 aliphatic carbocycles. The molecule has 6 nitrogen and oxygen atoms in total. The molecule has 1 fully saturated rings. The minimum atomic E-state index is -0.428. The van der Waals surface area contributed by atoms with Crippen molar-refractivity contribution in [3.8, 4) is 5.75 Å². The van der Waals surface area contributed by atoms with Crippen molar-refractivity contribution >= 4 is 34.5 Å². The van der Waals surface area contributed by atoms with Gasteiger partial charge in [0.05, 0.1) is 11.6 Å². The van der Waals surface area contributed by atoms with Crippen LogP contribution < -0.4 is 10.5 Å². The third-order valence-corrected chi connectivity index (χ3v) is 6.11. The van der Waals surface area contributed by atoms with Crippen LogP contribution in [0.4, 0.5) is 10.2 Å². The Kier molecular flexibility index (Phi) is 6.04. The molecule has 1 aromatic carbocycles. The van der Waals surface area contributed by atoms with Gasteiger partial charge >= 0.3 is 0 Å². The standard InChI is InChI=1S/C21H23Cl2FN4O2/c1-3-30-18-13(10-14(22)16(24)15(18)12-4-8-29-9-5-12)11(2)21-27-19(23)17-20(25)26-6-7-28(17)21/h6-7,10-12H,3-5,8-9H2,1-2H3,(H2,25,26)/t11-/m0/s1. The van der Waals surface area contributed by atoms with Crippen LogP contribution in [0.1, 0.15) is 55.5 Å². The van der Waals surface area contributed by atoms with E-state index in [4.69, 9.17) is 38.4 Å². The van der Waals surface area contributed by atoms with Crippen LogP contribution in [-0.2, 0) is 4.74 Å². The summed E-state index contributed by atoms with van der Waals surface area (Å²) in [6, 6.07) is 1.62. The van der Waals surface area contributed by atoms with E-state index in [0.29, 0.717) is 61.1 Å². The largest absolute Gasteiger partial charge is 0.493 e. The molecule has 3 heterocycles. The molecule has 160 valence electrons. The maximum absolute atomic E-state index is 15.2. The van der Waals surface area contributed by atoms with Crippen LogP contribution in [-0.4, -0.2) is 34.2 Å². The molecule has 1 atom stereocenters. The van der Waals surface area contributed by atoms with E-state index in [1.807, 2.05) is 13.8 Å². The van der Waals surface area contributed by atoms with Crippen molar-refractivity contribution in [3.05, 3.63) is 51.4 Å². The van der Waals surface area contributed by atoms with Gasteiger partial charge in [-0.2, -0.15) is 0 Å². The molecule has 0 amide bonds. The zero-order valence-corrected chi connectivity index (χ0v) is 18.3. The lowest BCUT2D eigenvalue weighted by Crippen LogP contribution is -2.18. The first-order chi connectivity index (χ1) is 14.4. The van der Waals surface area contributed by atoms with Crippen LogP contribution in [0.2, 0.25) is 10.2 Å². The number of imidazole rings is 1. The first-order valence-electron chi connectivity index (χ1n) is 9.94. The number of rotatable bonds is 5. The highest BCUT2D eigenvalue weighted by atomic mass is 35.5. The van der Waals surface area contributed by atoms with E-state index in [1.165, 1.54) is 0 Å². The summed E-state index contributed by atoms with van der Waals surface area (Å²) < 4.78 is 28.5. The van der Waals surface area contributed by atoms with Gasteiger partial charge in [0.2, 0.25) is 0 Å². The monoisotopic (exact) mass is 452 g/mol. The molecular weight excluding hydrogens is 430 g/mol. The van der Waals surface area contributed by atoms with Crippen molar-refractivity contribution in [1.29, 1.82) is 0 Å². The average molecular weight is 453 g/mol. The molecule has 2 aromatic heterocycles. The summed E-state index contributed by atoms with van der Waals surface area (Å²) in [6.45, 7) is 5.40. The molecule has 4 rings (SSSR count). The number of ether oxygens (including phenoxy) is 2. The second kappa shape index (κ2) is 8.57. The Morgan fingerprint density at radius 2 is 2.10 bits per heavy atom. The molecule has 0 spiro atoms. The van der Waals surface area contributed by atoms with Crippen LogP contribution in [0.15, 0.2) is 18.5 Å². The molecule has 0 bridgehead atoms. The number of fused-ring (bicyclic) bond motifs is 1. The van der Waals surface area contributed by atoms with E-state index < -0.39 is 5.82 Å². The summed E-state index contributed by atoms with van der Waals surface area (Å²) >= 11 is 12.7. The number of aromatic nitrogens is 3. The van der Waals surface area contributed by atoms with Crippen molar-refractivity contribution in [2.75, 3.05) is 25.6 Å². The number of anilines is 1. The van der Waals surface area contributed by atoms with Gasteiger partial charge in [-0.25, -0.2) is 14.4 Å². The van der Waals surface area contributed by atoms with Gasteiger partial charge in [-0.3, -0.25) is 4.40 Å². The predicted molar refractivity (Wildman–Crippen MR) is 115 cm³/mol. The van der Waals surface area contributed by atoms with Crippen LogP contribution >= 0.6 is 23.2 Å². The Labute approximate surface area is 184 Å². The summed E-state index contributed by atoms with van der Waals surface area (Å²) in [5.41, 5.74) is 7.80. The number of halogens is 3. The fourth-order valence-electron chi connectivity index (χ4n) is 4.11. The summed E-state index contributed by atoms with van der Waals surface area (Å²) in [5.74, 6) is 0.718. The molecule has 0 unspecified atom stereocenters. The molecule has 1 aliphatic rings. The second-order valence-corrected chi connectivity index (χ2v) is 8.10. The fourth-order valence-corrected chi connectivity index (χ4v) is 4.61. The van der Waals surface area contributed by atoms with Gasteiger partial charge in [0, 0.05) is 42.7 Å². The maximum atomic E-state index is 15.2. The molecule has 1 aliphatic heterocycles. The van der Waals surface area contributed by atoms with Crippen molar-refractivity contribution in [2.45, 2.75) is 38.5 Å². The fraction of sp³-hybridized carbons (Fsp3) is 0.429. The molecule has 9 heteroatoms. The highest BCUT2D eigenvalue weighted by molar-refractivity contribution is 6.33. The number of nitrogen functional groups attached to an aromatic ring is 1. The lowest BCUT2D eigenvalue weighted by atomic mass is 9.86. The third-order valence-electron chi connectivity index (χ3n) is 5.58. The Bertz CT molecular complexity index is 1080. The highest BCUT2D eigenvalue weighted by Gasteiger charge is 2.30. The van der Waals surface area contributed by atoms with E-state index in [0.717, 1.165) is 5.56 Å². The SMILES string of the molecule is CCOc1c([C@H](C)c2nc(Cl)c3c(N)nccn23)cc(Cl)c(F)c1C1CCOCC1. The van der Waals surface area contributed by atoms with Crippen LogP contribution in [0.3, 0.4) is 0 Å². The molecule has 30 heavy (non-hydrogen) atoms. The second-order valence-electron chi connectivity index (χ2n) is 7.34. The van der Waals surface area contributed by atoms with E-state index in [9.17, 15) is 0 Å². The van der Waals surface area contributed by atoms with Crippen molar-refractivity contribution in [1.82, 2.24) is 14.4 Å². The lowest BCUT2D eigenvalue weighted by molar-refractivity contribution is 0.0838. The maximum Gasteiger partial charge on any atom is 0.158 e. The van der Waals surface area contributed by atoms with Gasteiger partial charge in [0.15, 0.2) is 11.0 Å². The molecular formula is C21H23Cl2FN4O2. The molecule has 0 saturated carbocycles. The van der Waals surface area contributed by atoms with Crippen LogP contribution in [0, 0.1) is 5.82 Å². The van der Waals surface area contributed by atoms with Crippen LogP contribution in [0.5, 0.6) is 5.75 Å². The topological polar surface area (TPSA) is 74.7 Å². The quantitative estimate of drug-likeness (QED) is 0.575. The first-order valence-corrected chi connectivity index (χ1v) is 10.7. The molecule has 0 radical (unpaired) electrons. The summed E-state index contributed by atoms with van der Waals surface area (Å²) in [5, 5.41) is 0.327. The normalized spacial score (nSPS) is 16.2. The van der Waals surface area contributed by atoms with Gasteiger partial charge in [0.1, 0.15) is 22.9 Å². The van der Waals surface area contributed by atoms with Gasteiger partial charge in [-0.15, -0.1) is 0 Å². The summed E-state index contributed by atoms with van der Waals surface area (Å²) in [6.07, 6.45) is 4.77. The van der Waals surface area contributed by atoms with E-state index in [2.05, 4.69) is 9.97 Å². The van der Waals surface area contributed by atoms with Gasteiger partial charge < -0.3 is 15.2 Å². The van der Waals surface area contributed by atoms with Crippen molar-refractivity contribution < 1.29 is 13.9 Å². The smallest absolute Gasteiger partial charge is 0.158 e. The number of nitrogens with zero attached hydrogens (tertiary/aromatic N) is 3. The zero-order chi connectivity index (χ0) is 21.4. The number of nitrogens with two attached hydrogens (primary N) is 1. The highest BCUT2D eigenvalue weighted by Crippen LogP contribution is 2.44. The number of hydrogen-bond donors (Lipinski definition) is 1. The van der Waals surface area contributed by atoms with Crippen LogP contribution in [0.25, 0.3) is 5.52 Å². The third kappa shape index (κ3) is 3.59. The summed E-state index contributed by atoms with van der Waals surface area (Å²) in [7, 11) is 0. The lowest BCUT2D eigenvalue weighted by Gasteiger charge is -2.27. The van der Waals surface area contributed by atoms with E-state index >= 15 is 4.39 Å². The van der Waals surface area contributed by atoms with E-state index in [1.54, 1.807) is 22.9 Å². The van der Waals surface area contributed by atoms with Gasteiger partial charge in [0.25, 0.3) is 0 Å². The average Bonchev–Trinajstić information content (AvgIpc) is 3.09. The Hall–Kier alpha value is -2.09. The zero-order valence-electron chi connectivity index (χ0n) is 16.8. The van der Waals surface area contributed by atoms with Gasteiger partial charge in [-0.05, 0) is 31.7 Å². The Morgan fingerprint density at radius 1 is 1.37 bits per heavy atom. The Balaban J connectivity index is 1.90. The number of benzene rings is 1. The minimum absolute atomic E-state index is 0.0228. The molecule has 1 saturated heterocycles. The van der Waals surface area contributed by atoms with Crippen molar-refractivity contribution in [2.24, 2.45) is 0 Å². The molecule has 2 N–H and O–H groups in total. The Morgan fingerprint density at radius 3 is 2.80 bits per heavy atom. The number of hydrogen-bond acceptors (Lipinski definition) is 5. The van der Waals surface area contributed by atoms with E-state index in [-0.39, 0.29) is 22.0 Å². The predicted octanol–water partition coefficient (Wildman–Crippen LogP) is 5.20. The first kappa shape index (κ1) is 21.2. The molecule has 3 aromatic rings.